The summed E-state index contributed by atoms with van der Waals surface area (Å²) in [7, 11) is 0. The molecule has 0 saturated carbocycles. The van der Waals surface area contributed by atoms with Gasteiger partial charge in [-0.25, -0.2) is 4.98 Å². The van der Waals surface area contributed by atoms with Crippen LogP contribution in [0.1, 0.15) is 18.9 Å². The number of nitrogens with zero attached hydrogens (tertiary/aromatic N) is 2. The highest BCUT2D eigenvalue weighted by atomic mass is 35.5. The fraction of sp³-hybridized carbons (Fsp3) is 0.200. The first-order chi connectivity index (χ1) is 9.79. The lowest BCUT2D eigenvalue weighted by molar-refractivity contribution is 0.317. The number of hydrogen-bond acceptors (Lipinski definition) is 4. The van der Waals surface area contributed by atoms with Crippen LogP contribution < -0.4 is 10.2 Å². The standard InChI is InChI=1S/C15H16ClN3O/c1-2-9-20-14-7-6-12(10-13(14)16)11-18-19-15-5-3-4-8-17-15/h3-8,10-11H,2,9H2,1H3,(H,17,19)/b18-11+. The van der Waals surface area contributed by atoms with Crippen molar-refractivity contribution in [3.8, 4) is 5.75 Å². The van der Waals surface area contributed by atoms with Gasteiger partial charge in [0, 0.05) is 6.20 Å². The number of rotatable bonds is 6. The molecule has 1 aromatic heterocycles. The molecular formula is C15H16ClN3O. The molecule has 1 aromatic carbocycles. The molecule has 0 aliphatic carbocycles. The van der Waals surface area contributed by atoms with Crippen molar-refractivity contribution in [2.75, 3.05) is 12.0 Å². The number of benzene rings is 1. The Morgan fingerprint density at radius 2 is 2.25 bits per heavy atom. The largest absolute Gasteiger partial charge is 0.492 e. The Morgan fingerprint density at radius 1 is 1.35 bits per heavy atom. The molecule has 0 amide bonds. The first kappa shape index (κ1) is 14.3. The maximum atomic E-state index is 6.14. The molecule has 0 fully saturated rings. The van der Waals surface area contributed by atoms with Crippen molar-refractivity contribution in [3.63, 3.8) is 0 Å². The molecule has 4 nitrogen and oxygen atoms in total. The van der Waals surface area contributed by atoms with E-state index in [1.54, 1.807) is 12.4 Å². The molecule has 1 N–H and O–H groups in total. The zero-order chi connectivity index (χ0) is 14.2. The van der Waals surface area contributed by atoms with Crippen LogP contribution in [0.2, 0.25) is 5.02 Å². The second-order valence-corrected chi connectivity index (χ2v) is 4.53. The lowest BCUT2D eigenvalue weighted by atomic mass is 10.2. The Bertz CT molecular complexity index is 573. The first-order valence-electron chi connectivity index (χ1n) is 6.42. The summed E-state index contributed by atoms with van der Waals surface area (Å²) in [6.07, 6.45) is 4.34. The molecule has 0 atom stereocenters. The summed E-state index contributed by atoms with van der Waals surface area (Å²) in [6.45, 7) is 2.71. The molecule has 20 heavy (non-hydrogen) atoms. The van der Waals surface area contributed by atoms with Gasteiger partial charge in [0.25, 0.3) is 0 Å². The Hall–Kier alpha value is -2.07. The number of anilines is 1. The maximum Gasteiger partial charge on any atom is 0.146 e. The molecule has 0 unspecified atom stereocenters. The van der Waals surface area contributed by atoms with Gasteiger partial charge in [-0.15, -0.1) is 0 Å². The molecule has 2 rings (SSSR count). The zero-order valence-corrected chi connectivity index (χ0v) is 12.0. The molecule has 0 saturated heterocycles. The molecule has 0 spiro atoms. The fourth-order valence-electron chi connectivity index (χ4n) is 1.53. The van der Waals surface area contributed by atoms with E-state index in [0.29, 0.717) is 23.2 Å². The Morgan fingerprint density at radius 3 is 2.95 bits per heavy atom. The normalized spacial score (nSPS) is 10.7. The van der Waals surface area contributed by atoms with E-state index in [4.69, 9.17) is 16.3 Å². The van der Waals surface area contributed by atoms with Crippen molar-refractivity contribution in [1.29, 1.82) is 0 Å². The van der Waals surface area contributed by atoms with Crippen LogP contribution in [0.4, 0.5) is 5.82 Å². The smallest absolute Gasteiger partial charge is 0.146 e. The van der Waals surface area contributed by atoms with Crippen LogP contribution >= 0.6 is 11.6 Å². The minimum absolute atomic E-state index is 0.584. The van der Waals surface area contributed by atoms with Gasteiger partial charge in [-0.2, -0.15) is 5.10 Å². The van der Waals surface area contributed by atoms with Gasteiger partial charge in [-0.1, -0.05) is 24.6 Å². The Kier molecular flexibility index (Phi) is 5.38. The summed E-state index contributed by atoms with van der Waals surface area (Å²) in [5.74, 6) is 1.39. The Labute approximate surface area is 123 Å². The number of aromatic nitrogens is 1. The molecule has 2 aromatic rings. The highest BCUT2D eigenvalue weighted by molar-refractivity contribution is 6.32. The van der Waals surface area contributed by atoms with Crippen LogP contribution in [-0.4, -0.2) is 17.8 Å². The predicted molar refractivity (Wildman–Crippen MR) is 82.7 cm³/mol. The number of hydrazone groups is 1. The average Bonchev–Trinajstić information content (AvgIpc) is 2.47. The van der Waals surface area contributed by atoms with Crippen LogP contribution in [0.25, 0.3) is 0 Å². The van der Waals surface area contributed by atoms with Crippen molar-refractivity contribution >= 4 is 23.6 Å². The van der Waals surface area contributed by atoms with Gasteiger partial charge < -0.3 is 4.74 Å². The molecule has 0 radical (unpaired) electrons. The number of pyridine rings is 1. The van der Waals surface area contributed by atoms with Crippen LogP contribution in [0.15, 0.2) is 47.7 Å². The third-order valence-electron chi connectivity index (χ3n) is 2.48. The molecule has 0 aliphatic heterocycles. The van der Waals surface area contributed by atoms with Crippen molar-refractivity contribution in [3.05, 3.63) is 53.2 Å². The second-order valence-electron chi connectivity index (χ2n) is 4.12. The average molecular weight is 290 g/mol. The maximum absolute atomic E-state index is 6.14. The number of hydrogen-bond donors (Lipinski definition) is 1. The summed E-state index contributed by atoms with van der Waals surface area (Å²) in [5, 5.41) is 4.69. The van der Waals surface area contributed by atoms with Crippen LogP contribution in [0, 0.1) is 0 Å². The van der Waals surface area contributed by atoms with E-state index >= 15 is 0 Å². The van der Waals surface area contributed by atoms with Crippen molar-refractivity contribution in [2.24, 2.45) is 5.10 Å². The van der Waals surface area contributed by atoms with Crippen LogP contribution in [0.3, 0.4) is 0 Å². The van der Waals surface area contributed by atoms with E-state index in [1.807, 2.05) is 36.4 Å². The van der Waals surface area contributed by atoms with Gasteiger partial charge in [-0.05, 0) is 42.3 Å². The molecule has 104 valence electrons. The summed E-state index contributed by atoms with van der Waals surface area (Å²) < 4.78 is 5.51. The summed E-state index contributed by atoms with van der Waals surface area (Å²) in [6, 6.07) is 11.1. The summed E-state index contributed by atoms with van der Waals surface area (Å²) in [5.41, 5.74) is 3.74. The number of nitrogens with one attached hydrogen (secondary N) is 1. The molecule has 5 heteroatoms. The quantitative estimate of drug-likeness (QED) is 0.646. The van der Waals surface area contributed by atoms with Gasteiger partial charge in [-0.3, -0.25) is 5.43 Å². The van der Waals surface area contributed by atoms with Gasteiger partial charge >= 0.3 is 0 Å². The molecular weight excluding hydrogens is 274 g/mol. The minimum atomic E-state index is 0.584. The topological polar surface area (TPSA) is 46.5 Å². The summed E-state index contributed by atoms with van der Waals surface area (Å²) >= 11 is 6.14. The highest BCUT2D eigenvalue weighted by Gasteiger charge is 2.01. The number of ether oxygens (including phenoxy) is 1. The lowest BCUT2D eigenvalue weighted by Gasteiger charge is -2.06. The van der Waals surface area contributed by atoms with E-state index in [-0.39, 0.29) is 0 Å². The van der Waals surface area contributed by atoms with Crippen molar-refractivity contribution in [1.82, 2.24) is 4.98 Å². The van der Waals surface area contributed by atoms with E-state index < -0.39 is 0 Å². The first-order valence-corrected chi connectivity index (χ1v) is 6.80. The molecule has 0 bridgehead atoms. The summed E-state index contributed by atoms with van der Waals surface area (Å²) in [4.78, 5) is 4.10. The van der Waals surface area contributed by atoms with Gasteiger partial charge in [0.05, 0.1) is 17.8 Å². The fourth-order valence-corrected chi connectivity index (χ4v) is 1.77. The van der Waals surface area contributed by atoms with Crippen molar-refractivity contribution < 1.29 is 4.74 Å². The SMILES string of the molecule is CCCOc1ccc(/C=N/Nc2ccccn2)cc1Cl. The van der Waals surface area contributed by atoms with E-state index in [9.17, 15) is 0 Å². The van der Waals surface area contributed by atoms with E-state index in [1.165, 1.54) is 0 Å². The Balaban J connectivity index is 1.97. The van der Waals surface area contributed by atoms with E-state index in [0.717, 1.165) is 12.0 Å². The van der Waals surface area contributed by atoms with Gasteiger partial charge in [0.15, 0.2) is 0 Å². The van der Waals surface area contributed by atoms with Crippen molar-refractivity contribution in [2.45, 2.75) is 13.3 Å². The zero-order valence-electron chi connectivity index (χ0n) is 11.2. The minimum Gasteiger partial charge on any atom is -0.492 e. The highest BCUT2D eigenvalue weighted by Crippen LogP contribution is 2.25. The van der Waals surface area contributed by atoms with E-state index in [2.05, 4.69) is 22.4 Å². The lowest BCUT2D eigenvalue weighted by Crippen LogP contribution is -1.96. The predicted octanol–water partition coefficient (Wildman–Crippen LogP) is 3.97. The monoisotopic (exact) mass is 289 g/mol. The number of halogens is 1. The third kappa shape index (κ3) is 4.24. The third-order valence-corrected chi connectivity index (χ3v) is 2.77. The van der Waals surface area contributed by atoms with Crippen LogP contribution in [0.5, 0.6) is 5.75 Å². The van der Waals surface area contributed by atoms with Crippen LogP contribution in [-0.2, 0) is 0 Å². The molecule has 1 heterocycles. The van der Waals surface area contributed by atoms with Gasteiger partial charge in [0.1, 0.15) is 11.6 Å². The molecule has 0 aliphatic rings. The second kappa shape index (κ2) is 7.50. The van der Waals surface area contributed by atoms with Gasteiger partial charge in [0.2, 0.25) is 0 Å².